The molecule has 15 rings (SSSR count). The minimum Gasteiger partial charge on any atom is -0.465 e. The number of fused-ring (bicyclic) bond motifs is 15. The molecule has 12 aromatic rings. The standard InChI is InChI=1S/C67H49BN2O2/c1-66(2,3)44-31-35-57(50(36-44)42-20-10-7-11-21-42)69-61-49-34-30-43-22-12-13-23-46(43)63(49)72-65(61)68-60-53(38-54-48-25-15-17-27-59(48)71-64(54)62(60)69)52-37-51-47-24-14-16-26-55(47)67(4,5)56(51)39-58(52)70(68)45-32-28-41(29-33-45)40-18-8-6-9-19-40/h6-39H,1-5H3. The van der Waals surface area contributed by atoms with Crippen LogP contribution < -0.4 is 20.8 Å². The largest absolute Gasteiger partial charge is 0.465 e. The van der Waals surface area contributed by atoms with Crippen LogP contribution in [0.2, 0.25) is 0 Å². The van der Waals surface area contributed by atoms with Crippen LogP contribution in [0, 0.1) is 0 Å². The van der Waals surface area contributed by atoms with Crippen molar-refractivity contribution in [3.63, 3.8) is 0 Å². The van der Waals surface area contributed by atoms with Gasteiger partial charge in [-0.1, -0.05) is 186 Å². The molecule has 2 aromatic heterocycles. The molecule has 72 heavy (non-hydrogen) atoms. The summed E-state index contributed by atoms with van der Waals surface area (Å²) in [6, 6.07) is 76.0. The summed E-state index contributed by atoms with van der Waals surface area (Å²) >= 11 is 0. The third kappa shape index (κ3) is 5.71. The van der Waals surface area contributed by atoms with Crippen LogP contribution in [-0.2, 0) is 10.8 Å². The average Bonchev–Trinajstić information content (AvgIpc) is 4.06. The second-order valence-electron chi connectivity index (χ2n) is 21.6. The Morgan fingerprint density at radius 3 is 1.93 bits per heavy atom. The minimum absolute atomic E-state index is 0.0902. The number of benzene rings is 10. The zero-order valence-electron chi connectivity index (χ0n) is 40.9. The Balaban J connectivity index is 1.13. The van der Waals surface area contributed by atoms with Gasteiger partial charge < -0.3 is 18.5 Å². The van der Waals surface area contributed by atoms with Crippen LogP contribution in [0.4, 0.5) is 28.4 Å². The van der Waals surface area contributed by atoms with Gasteiger partial charge in [-0.2, -0.15) is 0 Å². The molecule has 0 fully saturated rings. The zero-order valence-corrected chi connectivity index (χ0v) is 40.9. The lowest BCUT2D eigenvalue weighted by atomic mass is 9.45. The highest BCUT2D eigenvalue weighted by molar-refractivity contribution is 6.93. The number of furan rings is 2. The Bertz CT molecular complexity index is 4230. The number of rotatable bonds is 4. The van der Waals surface area contributed by atoms with Gasteiger partial charge in [0.25, 0.3) is 0 Å². The Hall–Kier alpha value is -8.54. The van der Waals surface area contributed by atoms with Gasteiger partial charge in [0.1, 0.15) is 16.8 Å². The van der Waals surface area contributed by atoms with Crippen molar-refractivity contribution >= 4 is 90.1 Å². The number of hydrogen-bond acceptors (Lipinski definition) is 4. The lowest BCUT2D eigenvalue weighted by Crippen LogP contribution is -2.61. The van der Waals surface area contributed by atoms with E-state index in [0.717, 1.165) is 94.4 Å². The Labute approximate surface area is 419 Å². The fraction of sp³-hybridized carbons (Fsp3) is 0.104. The molecule has 0 saturated heterocycles. The maximum absolute atomic E-state index is 7.73. The maximum Gasteiger partial charge on any atom is 0.376 e. The highest BCUT2D eigenvalue weighted by Crippen LogP contribution is 2.58. The van der Waals surface area contributed by atoms with Crippen LogP contribution in [0.1, 0.15) is 51.3 Å². The van der Waals surface area contributed by atoms with E-state index in [1.165, 1.54) is 50.1 Å². The lowest BCUT2D eigenvalue weighted by molar-refractivity contribution is 0.590. The van der Waals surface area contributed by atoms with Crippen molar-refractivity contribution < 1.29 is 8.83 Å². The van der Waals surface area contributed by atoms with E-state index in [1.54, 1.807) is 0 Å². The molecule has 0 amide bonds. The first-order chi connectivity index (χ1) is 35.1. The van der Waals surface area contributed by atoms with Crippen molar-refractivity contribution in [1.29, 1.82) is 0 Å². The number of anilines is 5. The van der Waals surface area contributed by atoms with Crippen LogP contribution in [0.25, 0.3) is 88.2 Å². The van der Waals surface area contributed by atoms with Crippen LogP contribution in [0.5, 0.6) is 0 Å². The molecule has 0 bridgehead atoms. The third-order valence-corrected chi connectivity index (χ3v) is 16.2. The average molecular weight is 925 g/mol. The molecular weight excluding hydrogens is 876 g/mol. The first kappa shape index (κ1) is 41.3. The van der Waals surface area contributed by atoms with Gasteiger partial charge in [-0.3, -0.25) is 0 Å². The van der Waals surface area contributed by atoms with Crippen LogP contribution in [0.15, 0.2) is 215 Å². The molecule has 0 unspecified atom stereocenters. The van der Waals surface area contributed by atoms with Gasteiger partial charge >= 0.3 is 6.85 Å². The summed E-state index contributed by atoms with van der Waals surface area (Å²) in [6.45, 7) is 11.3. The summed E-state index contributed by atoms with van der Waals surface area (Å²) in [4.78, 5) is 5.11. The van der Waals surface area contributed by atoms with Gasteiger partial charge in [-0.05, 0) is 121 Å². The Kier molecular flexibility index (Phi) is 8.46. The van der Waals surface area contributed by atoms with Crippen molar-refractivity contribution in [3.05, 3.63) is 223 Å². The predicted octanol–water partition coefficient (Wildman–Crippen LogP) is 17.1. The molecule has 0 saturated carbocycles. The first-order valence-electron chi connectivity index (χ1n) is 25.3. The quantitative estimate of drug-likeness (QED) is 0.165. The predicted molar refractivity (Wildman–Crippen MR) is 302 cm³/mol. The van der Waals surface area contributed by atoms with Crippen molar-refractivity contribution in [3.8, 4) is 44.5 Å². The fourth-order valence-corrected chi connectivity index (χ4v) is 12.6. The maximum atomic E-state index is 7.73. The molecule has 4 nitrogen and oxygen atoms in total. The first-order valence-corrected chi connectivity index (χ1v) is 25.3. The molecular formula is C67H49BN2O2. The van der Waals surface area contributed by atoms with Gasteiger partial charge in [0.2, 0.25) is 0 Å². The normalized spacial score (nSPS) is 14.2. The van der Waals surface area contributed by atoms with Crippen molar-refractivity contribution in [2.75, 3.05) is 9.71 Å². The monoisotopic (exact) mass is 924 g/mol. The summed E-state index contributed by atoms with van der Waals surface area (Å²) < 4.78 is 15.1. The van der Waals surface area contributed by atoms with Crippen molar-refractivity contribution in [2.24, 2.45) is 0 Å². The molecule has 0 atom stereocenters. The lowest BCUT2D eigenvalue weighted by Gasteiger charge is -2.44. The van der Waals surface area contributed by atoms with E-state index in [1.807, 2.05) is 0 Å². The van der Waals surface area contributed by atoms with Gasteiger partial charge in [-0.15, -0.1) is 0 Å². The van der Waals surface area contributed by atoms with Gasteiger partial charge in [-0.25, -0.2) is 0 Å². The Morgan fingerprint density at radius 2 is 1.14 bits per heavy atom. The molecule has 2 aliphatic heterocycles. The zero-order chi connectivity index (χ0) is 48.2. The highest BCUT2D eigenvalue weighted by Gasteiger charge is 2.51. The smallest absolute Gasteiger partial charge is 0.376 e. The highest BCUT2D eigenvalue weighted by atomic mass is 16.3. The van der Waals surface area contributed by atoms with E-state index in [2.05, 4.69) is 251 Å². The molecule has 10 aromatic carbocycles. The van der Waals surface area contributed by atoms with Crippen molar-refractivity contribution in [2.45, 2.75) is 45.4 Å². The van der Waals surface area contributed by atoms with Gasteiger partial charge in [0.15, 0.2) is 5.58 Å². The summed E-state index contributed by atoms with van der Waals surface area (Å²) in [5, 5.41) is 5.46. The van der Waals surface area contributed by atoms with Crippen LogP contribution in [0.3, 0.4) is 0 Å². The number of nitrogens with zero attached hydrogens (tertiary/aromatic N) is 2. The SMILES string of the molecule is CC(C)(C)c1ccc(N2c3c(oc4c3ccc3ccccc34)B3c4c(cc5c(oc6ccccc65)c42)-c2cc4c(cc2N3c2ccc(-c3ccccc3)cc2)C(C)(C)c2ccccc2-4)c(-c2ccccc2)c1. The third-order valence-electron chi connectivity index (χ3n) is 16.2. The van der Waals surface area contributed by atoms with E-state index >= 15 is 0 Å². The van der Waals surface area contributed by atoms with Crippen LogP contribution in [-0.4, -0.2) is 6.85 Å². The molecule has 3 aliphatic rings. The molecule has 0 radical (unpaired) electrons. The topological polar surface area (TPSA) is 32.8 Å². The molecule has 342 valence electrons. The second-order valence-corrected chi connectivity index (χ2v) is 21.6. The number of para-hydroxylation sites is 1. The summed E-state index contributed by atoms with van der Waals surface area (Å²) in [6.07, 6.45) is 0. The second kappa shape index (κ2) is 14.8. The molecule has 0 N–H and O–H groups in total. The minimum atomic E-state index is -0.390. The Morgan fingerprint density at radius 1 is 0.444 bits per heavy atom. The van der Waals surface area contributed by atoms with Crippen LogP contribution >= 0.6 is 0 Å². The van der Waals surface area contributed by atoms with E-state index in [9.17, 15) is 0 Å². The number of hydrogen-bond donors (Lipinski definition) is 0. The molecule has 4 heterocycles. The molecule has 5 heteroatoms. The van der Waals surface area contributed by atoms with E-state index < -0.39 is 0 Å². The molecule has 1 aliphatic carbocycles. The summed E-state index contributed by atoms with van der Waals surface area (Å²) in [5.74, 6) is 0. The van der Waals surface area contributed by atoms with E-state index in [0.29, 0.717) is 0 Å². The summed E-state index contributed by atoms with van der Waals surface area (Å²) in [5.41, 5.74) is 23.2. The van der Waals surface area contributed by atoms with E-state index in [-0.39, 0.29) is 17.7 Å². The van der Waals surface area contributed by atoms with Gasteiger partial charge in [0, 0.05) is 49.5 Å². The van der Waals surface area contributed by atoms with Gasteiger partial charge in [0.05, 0.1) is 17.1 Å². The van der Waals surface area contributed by atoms with E-state index in [4.69, 9.17) is 8.83 Å². The summed E-state index contributed by atoms with van der Waals surface area (Å²) in [7, 11) is 0. The molecule has 0 spiro atoms. The fourth-order valence-electron chi connectivity index (χ4n) is 12.6. The van der Waals surface area contributed by atoms with Crippen molar-refractivity contribution in [1.82, 2.24) is 0 Å².